The molecule has 112 valence electrons. The van der Waals surface area contributed by atoms with Crippen LogP contribution in [-0.2, 0) is 4.74 Å². The molecule has 1 aromatic rings. The van der Waals surface area contributed by atoms with E-state index < -0.39 is 0 Å². The van der Waals surface area contributed by atoms with Crippen LogP contribution in [0.3, 0.4) is 0 Å². The van der Waals surface area contributed by atoms with Crippen molar-refractivity contribution in [1.82, 2.24) is 5.32 Å². The van der Waals surface area contributed by atoms with E-state index in [1.165, 1.54) is 38.5 Å². The number of rotatable bonds is 8. The van der Waals surface area contributed by atoms with Gasteiger partial charge in [0.2, 0.25) is 0 Å². The molecule has 0 atom stereocenters. The molecule has 1 aromatic carbocycles. The van der Waals surface area contributed by atoms with Crippen molar-refractivity contribution < 1.29 is 9.47 Å². The van der Waals surface area contributed by atoms with Crippen molar-refractivity contribution in [3.8, 4) is 5.75 Å². The van der Waals surface area contributed by atoms with Crippen LogP contribution >= 0.6 is 0 Å². The van der Waals surface area contributed by atoms with Gasteiger partial charge in [-0.05, 0) is 25.0 Å². The van der Waals surface area contributed by atoms with Crippen molar-refractivity contribution in [1.29, 1.82) is 0 Å². The van der Waals surface area contributed by atoms with Crippen LogP contribution in [-0.4, -0.2) is 32.4 Å². The molecule has 0 unspecified atom stereocenters. The quantitative estimate of drug-likeness (QED) is 0.583. The third-order valence-corrected chi connectivity index (χ3v) is 3.77. The molecule has 1 saturated carbocycles. The first-order valence-electron chi connectivity index (χ1n) is 7.94. The van der Waals surface area contributed by atoms with Gasteiger partial charge < -0.3 is 14.8 Å². The summed E-state index contributed by atoms with van der Waals surface area (Å²) in [5.41, 5.74) is 0. The maximum atomic E-state index is 5.59. The van der Waals surface area contributed by atoms with Gasteiger partial charge in [0.05, 0.1) is 13.2 Å². The topological polar surface area (TPSA) is 30.5 Å². The molecule has 20 heavy (non-hydrogen) atoms. The van der Waals surface area contributed by atoms with Crippen LogP contribution < -0.4 is 10.1 Å². The van der Waals surface area contributed by atoms with Crippen LogP contribution in [0, 0.1) is 0 Å². The Morgan fingerprint density at radius 2 is 1.65 bits per heavy atom. The summed E-state index contributed by atoms with van der Waals surface area (Å²) in [6, 6.07) is 10.6. The zero-order valence-corrected chi connectivity index (χ0v) is 12.4. The van der Waals surface area contributed by atoms with E-state index in [2.05, 4.69) is 5.32 Å². The van der Waals surface area contributed by atoms with Gasteiger partial charge in [-0.25, -0.2) is 0 Å². The lowest BCUT2D eigenvalue weighted by atomic mass is 10.1. The third-order valence-electron chi connectivity index (χ3n) is 3.77. The fourth-order valence-electron chi connectivity index (χ4n) is 2.66. The molecular weight excluding hydrogens is 250 g/mol. The first-order chi connectivity index (χ1) is 9.95. The SMILES string of the molecule is c1ccc(OCCOCCNC2CCCCCC2)cc1. The Labute approximate surface area is 122 Å². The summed E-state index contributed by atoms with van der Waals surface area (Å²) in [4.78, 5) is 0. The molecule has 0 spiro atoms. The van der Waals surface area contributed by atoms with Gasteiger partial charge in [-0.1, -0.05) is 43.9 Å². The zero-order chi connectivity index (χ0) is 13.9. The summed E-state index contributed by atoms with van der Waals surface area (Å²) in [7, 11) is 0. The predicted molar refractivity (Wildman–Crippen MR) is 82.2 cm³/mol. The second-order valence-corrected chi connectivity index (χ2v) is 5.42. The summed E-state index contributed by atoms with van der Waals surface area (Å²) in [5.74, 6) is 0.910. The minimum absolute atomic E-state index is 0.618. The van der Waals surface area contributed by atoms with Crippen molar-refractivity contribution >= 4 is 0 Å². The summed E-state index contributed by atoms with van der Waals surface area (Å²) in [6.45, 7) is 3.00. The molecule has 0 radical (unpaired) electrons. The maximum Gasteiger partial charge on any atom is 0.119 e. The van der Waals surface area contributed by atoms with Gasteiger partial charge in [0, 0.05) is 12.6 Å². The van der Waals surface area contributed by atoms with E-state index in [0.29, 0.717) is 19.3 Å². The standard InChI is InChI=1S/C17H27NO2/c1-2-5-9-16(8-4-1)18-12-13-19-14-15-20-17-10-6-3-7-11-17/h3,6-7,10-11,16,18H,1-2,4-5,8-9,12-15H2. The lowest BCUT2D eigenvalue weighted by Crippen LogP contribution is -2.31. The fraction of sp³-hybridized carbons (Fsp3) is 0.647. The molecular formula is C17H27NO2. The average Bonchev–Trinajstić information content (AvgIpc) is 2.76. The van der Waals surface area contributed by atoms with E-state index in [1.807, 2.05) is 30.3 Å². The van der Waals surface area contributed by atoms with Crippen molar-refractivity contribution in [3.63, 3.8) is 0 Å². The second kappa shape index (κ2) is 9.78. The summed E-state index contributed by atoms with van der Waals surface area (Å²) in [5, 5.41) is 3.60. The summed E-state index contributed by atoms with van der Waals surface area (Å²) in [6.07, 6.45) is 8.23. The number of para-hydroxylation sites is 1. The molecule has 0 heterocycles. The summed E-state index contributed by atoms with van der Waals surface area (Å²) < 4.78 is 11.2. The second-order valence-electron chi connectivity index (χ2n) is 5.42. The molecule has 0 bridgehead atoms. The molecule has 0 aromatic heterocycles. The lowest BCUT2D eigenvalue weighted by Gasteiger charge is -2.16. The van der Waals surface area contributed by atoms with Gasteiger partial charge in [0.15, 0.2) is 0 Å². The van der Waals surface area contributed by atoms with Gasteiger partial charge in [-0.3, -0.25) is 0 Å². The number of benzene rings is 1. The van der Waals surface area contributed by atoms with Crippen LogP contribution in [0.5, 0.6) is 5.75 Å². The normalized spacial score (nSPS) is 16.8. The Kier molecular flexibility index (Phi) is 7.50. The van der Waals surface area contributed by atoms with Crippen LogP contribution in [0.25, 0.3) is 0 Å². The van der Waals surface area contributed by atoms with E-state index in [0.717, 1.165) is 18.9 Å². The Morgan fingerprint density at radius 3 is 2.40 bits per heavy atom. The molecule has 1 fully saturated rings. The zero-order valence-electron chi connectivity index (χ0n) is 12.4. The molecule has 0 aliphatic heterocycles. The third kappa shape index (κ3) is 6.40. The van der Waals surface area contributed by atoms with Crippen molar-refractivity contribution in [2.75, 3.05) is 26.4 Å². The molecule has 0 saturated heterocycles. The molecule has 1 aliphatic carbocycles. The van der Waals surface area contributed by atoms with E-state index in [-0.39, 0.29) is 0 Å². The largest absolute Gasteiger partial charge is 0.491 e. The molecule has 0 amide bonds. The summed E-state index contributed by atoms with van der Waals surface area (Å²) >= 11 is 0. The molecule has 1 N–H and O–H groups in total. The van der Waals surface area contributed by atoms with Gasteiger partial charge in [-0.2, -0.15) is 0 Å². The smallest absolute Gasteiger partial charge is 0.119 e. The number of ether oxygens (including phenoxy) is 2. The average molecular weight is 277 g/mol. The minimum Gasteiger partial charge on any atom is -0.491 e. The van der Waals surface area contributed by atoms with Crippen molar-refractivity contribution in [2.45, 2.75) is 44.6 Å². The lowest BCUT2D eigenvalue weighted by molar-refractivity contribution is 0.0999. The molecule has 3 heteroatoms. The van der Waals surface area contributed by atoms with Crippen molar-refractivity contribution in [3.05, 3.63) is 30.3 Å². The van der Waals surface area contributed by atoms with Gasteiger partial charge >= 0.3 is 0 Å². The number of nitrogens with one attached hydrogen (secondary N) is 1. The monoisotopic (exact) mass is 277 g/mol. The first kappa shape index (κ1) is 15.3. The molecule has 2 rings (SSSR count). The van der Waals surface area contributed by atoms with E-state index in [1.54, 1.807) is 0 Å². The number of hydrogen-bond acceptors (Lipinski definition) is 3. The Bertz CT molecular complexity index is 334. The van der Waals surface area contributed by atoms with Gasteiger partial charge in [-0.15, -0.1) is 0 Å². The Morgan fingerprint density at radius 1 is 0.900 bits per heavy atom. The Hall–Kier alpha value is -1.06. The van der Waals surface area contributed by atoms with Crippen LogP contribution in [0.2, 0.25) is 0 Å². The highest BCUT2D eigenvalue weighted by Crippen LogP contribution is 2.16. The van der Waals surface area contributed by atoms with Crippen molar-refractivity contribution in [2.24, 2.45) is 0 Å². The number of hydrogen-bond donors (Lipinski definition) is 1. The molecule has 3 nitrogen and oxygen atoms in total. The van der Waals surface area contributed by atoms with Crippen LogP contribution in [0.1, 0.15) is 38.5 Å². The van der Waals surface area contributed by atoms with Crippen LogP contribution in [0.15, 0.2) is 30.3 Å². The van der Waals surface area contributed by atoms with E-state index >= 15 is 0 Å². The van der Waals surface area contributed by atoms with E-state index in [4.69, 9.17) is 9.47 Å². The van der Waals surface area contributed by atoms with Gasteiger partial charge in [0.1, 0.15) is 12.4 Å². The maximum absolute atomic E-state index is 5.59. The van der Waals surface area contributed by atoms with Gasteiger partial charge in [0.25, 0.3) is 0 Å². The minimum atomic E-state index is 0.618. The highest BCUT2D eigenvalue weighted by Gasteiger charge is 2.10. The predicted octanol–water partition coefficient (Wildman–Crippen LogP) is 3.39. The van der Waals surface area contributed by atoms with E-state index in [9.17, 15) is 0 Å². The molecule has 1 aliphatic rings. The fourth-order valence-corrected chi connectivity index (χ4v) is 2.66. The first-order valence-corrected chi connectivity index (χ1v) is 7.94. The highest BCUT2D eigenvalue weighted by molar-refractivity contribution is 5.20. The van der Waals surface area contributed by atoms with Crippen LogP contribution in [0.4, 0.5) is 0 Å². The highest BCUT2D eigenvalue weighted by atomic mass is 16.5. The Balaban J connectivity index is 1.43.